The smallest absolute Gasteiger partial charge is 0.187 e. The molecule has 0 radical (unpaired) electrons. The minimum Gasteiger partial charge on any atom is -0.394 e. The lowest BCUT2D eigenvalue weighted by Gasteiger charge is -2.48. The summed E-state index contributed by atoms with van der Waals surface area (Å²) in [6.07, 6.45) is -21.3. The summed E-state index contributed by atoms with van der Waals surface area (Å²) in [7, 11) is 0. The molecule has 3 rings (SSSR count). The second-order valence-corrected chi connectivity index (χ2v) is 9.65. The maximum Gasteiger partial charge on any atom is 0.187 e. The van der Waals surface area contributed by atoms with Gasteiger partial charge in [-0.3, -0.25) is 0 Å². The zero-order chi connectivity index (χ0) is 27.4. The van der Waals surface area contributed by atoms with Gasteiger partial charge >= 0.3 is 0 Å². The van der Waals surface area contributed by atoms with Crippen molar-refractivity contribution in [3.63, 3.8) is 0 Å². The first-order chi connectivity index (χ1) is 17.5. The van der Waals surface area contributed by atoms with E-state index in [2.05, 4.69) is 0 Å². The summed E-state index contributed by atoms with van der Waals surface area (Å²) in [5.74, 6) is 0. The van der Waals surface area contributed by atoms with E-state index in [4.69, 9.17) is 23.7 Å². The van der Waals surface area contributed by atoms with Crippen molar-refractivity contribution in [2.24, 2.45) is 0 Å². The van der Waals surface area contributed by atoms with Crippen molar-refractivity contribution in [3.8, 4) is 0 Å². The van der Waals surface area contributed by atoms with E-state index in [0.29, 0.717) is 12.8 Å². The molecule has 0 aromatic carbocycles. The van der Waals surface area contributed by atoms with Crippen LogP contribution in [0.5, 0.6) is 0 Å². The first-order valence-corrected chi connectivity index (χ1v) is 12.5. The molecule has 3 aliphatic rings. The van der Waals surface area contributed by atoms with Gasteiger partial charge in [-0.25, -0.2) is 0 Å². The van der Waals surface area contributed by atoms with Gasteiger partial charge in [0.25, 0.3) is 0 Å². The molecule has 10 N–H and O–H groups in total. The van der Waals surface area contributed by atoms with Crippen LogP contribution < -0.4 is 0 Å². The molecule has 0 aromatic heterocycles. The van der Waals surface area contributed by atoms with E-state index in [1.807, 2.05) is 6.92 Å². The molecular weight excluding hydrogens is 504 g/mol. The Hall–Kier alpha value is -0.600. The zero-order valence-electron chi connectivity index (χ0n) is 20.4. The molecule has 3 heterocycles. The first-order valence-electron chi connectivity index (χ1n) is 12.5. The molecule has 0 spiro atoms. The quantitative estimate of drug-likeness (QED) is 0.116. The van der Waals surface area contributed by atoms with Crippen LogP contribution in [0.25, 0.3) is 0 Å². The van der Waals surface area contributed by atoms with Crippen LogP contribution in [-0.2, 0) is 23.7 Å². The van der Waals surface area contributed by atoms with Gasteiger partial charge in [-0.1, -0.05) is 26.2 Å². The van der Waals surface area contributed by atoms with Crippen LogP contribution in [0.4, 0.5) is 0 Å². The summed E-state index contributed by atoms with van der Waals surface area (Å²) in [5.41, 5.74) is 0. The molecule has 0 saturated carbocycles. The molecule has 0 bridgehead atoms. The van der Waals surface area contributed by atoms with E-state index >= 15 is 0 Å². The van der Waals surface area contributed by atoms with Gasteiger partial charge in [-0.2, -0.15) is 0 Å². The van der Waals surface area contributed by atoms with E-state index in [9.17, 15) is 51.1 Å². The number of hydrogen-bond acceptors (Lipinski definition) is 15. The van der Waals surface area contributed by atoms with Gasteiger partial charge in [-0.15, -0.1) is 0 Å². The van der Waals surface area contributed by atoms with E-state index in [0.717, 1.165) is 12.8 Å². The Balaban J connectivity index is 1.81. The molecule has 15 atom stereocenters. The number of rotatable bonds is 10. The van der Waals surface area contributed by atoms with Gasteiger partial charge in [-0.05, 0) is 6.42 Å². The molecule has 0 amide bonds. The Bertz CT molecular complexity index is 684. The van der Waals surface area contributed by atoms with Gasteiger partial charge in [0.1, 0.15) is 67.1 Å². The highest BCUT2D eigenvalue weighted by molar-refractivity contribution is 4.96. The van der Waals surface area contributed by atoms with Crippen molar-refractivity contribution in [2.45, 2.75) is 125 Å². The Morgan fingerprint density at radius 1 is 0.541 bits per heavy atom. The maximum absolute atomic E-state index is 10.6. The number of unbranched alkanes of at least 4 members (excludes halogenated alkanes) is 2. The van der Waals surface area contributed by atoms with Crippen LogP contribution in [0.2, 0.25) is 0 Å². The van der Waals surface area contributed by atoms with Crippen molar-refractivity contribution in [2.75, 3.05) is 13.2 Å². The lowest BCUT2D eigenvalue weighted by atomic mass is 9.94. The van der Waals surface area contributed by atoms with Crippen molar-refractivity contribution in [1.82, 2.24) is 0 Å². The molecule has 3 saturated heterocycles. The van der Waals surface area contributed by atoms with Gasteiger partial charge in [0.2, 0.25) is 0 Å². The molecular formula is C22H40O15. The molecule has 0 unspecified atom stereocenters. The highest BCUT2D eigenvalue weighted by Crippen LogP contribution is 2.33. The monoisotopic (exact) mass is 544 g/mol. The third-order valence-corrected chi connectivity index (χ3v) is 7.00. The third kappa shape index (κ3) is 6.77. The van der Waals surface area contributed by atoms with E-state index < -0.39 is 105 Å². The van der Waals surface area contributed by atoms with Crippen LogP contribution >= 0.6 is 0 Å². The predicted molar refractivity (Wildman–Crippen MR) is 118 cm³/mol. The standard InChI is InChI=1S/C22H40O15/c1-2-3-4-5-8-11(25)13(27)15(29)21(34-8)37-19-17(31)20(32)33-10(7-24)18(19)36-22-16(30)14(28)12(26)9(6-23)35-22/h8-32H,2-7H2,1H3/t8-,9+,10+,11+,12-,13+,14-,15-,16+,17+,18+,19+,20+,21-,22-/m0/s1. The first kappa shape index (κ1) is 30.9. The Morgan fingerprint density at radius 3 is 1.59 bits per heavy atom. The SMILES string of the molecule is CCCCC[C@@H]1O[C@@H](O[C@@H]2[C@@H](O)[C@H](O)O[C@H](CO)[C@H]2O[C@@H]2O[C@H](CO)[C@H](O)[C@H](O)[C@H]2O)[C@@H](O)[C@H](O)[C@@H]1O. The predicted octanol–water partition coefficient (Wildman–Crippen LogP) is -4.98. The largest absolute Gasteiger partial charge is 0.394 e. The zero-order valence-corrected chi connectivity index (χ0v) is 20.4. The molecule has 3 aliphatic heterocycles. The molecule has 37 heavy (non-hydrogen) atoms. The van der Waals surface area contributed by atoms with Gasteiger partial charge in [0.15, 0.2) is 18.9 Å². The fraction of sp³-hybridized carbons (Fsp3) is 1.00. The third-order valence-electron chi connectivity index (χ3n) is 7.00. The molecule has 15 heteroatoms. The van der Waals surface area contributed by atoms with Crippen molar-refractivity contribution in [1.29, 1.82) is 0 Å². The minimum absolute atomic E-state index is 0.335. The lowest BCUT2D eigenvalue weighted by Crippen LogP contribution is -2.66. The number of aliphatic hydroxyl groups excluding tert-OH is 10. The van der Waals surface area contributed by atoms with Gasteiger partial charge < -0.3 is 74.7 Å². The highest BCUT2D eigenvalue weighted by Gasteiger charge is 2.53. The summed E-state index contributed by atoms with van der Waals surface area (Å²) < 4.78 is 27.6. The fourth-order valence-corrected chi connectivity index (χ4v) is 4.73. The minimum atomic E-state index is -1.88. The molecule has 3 fully saturated rings. The molecule has 218 valence electrons. The Labute approximate surface area is 213 Å². The summed E-state index contributed by atoms with van der Waals surface area (Å²) >= 11 is 0. The number of aliphatic hydroxyl groups is 10. The summed E-state index contributed by atoms with van der Waals surface area (Å²) in [6.45, 7) is 0.465. The topological polar surface area (TPSA) is 248 Å². The lowest BCUT2D eigenvalue weighted by molar-refractivity contribution is -0.383. The number of ether oxygens (including phenoxy) is 5. The second kappa shape index (κ2) is 13.6. The van der Waals surface area contributed by atoms with Crippen LogP contribution in [0.3, 0.4) is 0 Å². The van der Waals surface area contributed by atoms with Crippen molar-refractivity contribution < 1.29 is 74.7 Å². The summed E-state index contributed by atoms with van der Waals surface area (Å²) in [5, 5.41) is 102. The average molecular weight is 545 g/mol. The Kier molecular flexibility index (Phi) is 11.4. The van der Waals surface area contributed by atoms with Gasteiger partial charge in [0.05, 0.1) is 19.3 Å². The summed E-state index contributed by atoms with van der Waals surface area (Å²) in [6, 6.07) is 0. The molecule has 0 aliphatic carbocycles. The average Bonchev–Trinajstić information content (AvgIpc) is 2.89. The molecule has 15 nitrogen and oxygen atoms in total. The summed E-state index contributed by atoms with van der Waals surface area (Å²) in [4.78, 5) is 0. The van der Waals surface area contributed by atoms with Crippen LogP contribution in [-0.4, -0.2) is 156 Å². The normalized spacial score (nSPS) is 49.2. The van der Waals surface area contributed by atoms with Crippen molar-refractivity contribution >= 4 is 0 Å². The highest BCUT2D eigenvalue weighted by atomic mass is 16.8. The van der Waals surface area contributed by atoms with Crippen LogP contribution in [0.1, 0.15) is 32.6 Å². The molecule has 0 aromatic rings. The maximum atomic E-state index is 10.6. The van der Waals surface area contributed by atoms with Crippen molar-refractivity contribution in [3.05, 3.63) is 0 Å². The van der Waals surface area contributed by atoms with Crippen LogP contribution in [0.15, 0.2) is 0 Å². The number of hydrogen-bond donors (Lipinski definition) is 10. The fourth-order valence-electron chi connectivity index (χ4n) is 4.73. The second-order valence-electron chi connectivity index (χ2n) is 9.65. The van der Waals surface area contributed by atoms with Crippen LogP contribution in [0, 0.1) is 0 Å². The van der Waals surface area contributed by atoms with Gasteiger partial charge in [0, 0.05) is 0 Å². The van der Waals surface area contributed by atoms with E-state index in [1.165, 1.54) is 0 Å². The Morgan fingerprint density at radius 2 is 1.05 bits per heavy atom. The van der Waals surface area contributed by atoms with E-state index in [1.54, 1.807) is 0 Å². The van der Waals surface area contributed by atoms with E-state index in [-0.39, 0.29) is 0 Å².